The van der Waals surface area contributed by atoms with Crippen molar-refractivity contribution in [1.29, 1.82) is 0 Å². The smallest absolute Gasteiger partial charge is 0.171 e. The second kappa shape index (κ2) is 3.61. The summed E-state index contributed by atoms with van der Waals surface area (Å²) in [5.41, 5.74) is 0.622. The van der Waals surface area contributed by atoms with Gasteiger partial charge >= 0.3 is 0 Å². The monoisotopic (exact) mass is 256 g/mol. The molecule has 0 atom stereocenters. The molecule has 0 saturated heterocycles. The van der Waals surface area contributed by atoms with Crippen LogP contribution in [-0.2, 0) is 0 Å². The fourth-order valence-electron chi connectivity index (χ4n) is 1.44. The Kier molecular flexibility index (Phi) is 2.46. The van der Waals surface area contributed by atoms with Crippen LogP contribution in [0.4, 0.5) is 0 Å². The summed E-state index contributed by atoms with van der Waals surface area (Å²) in [5, 5.41) is 0. The van der Waals surface area contributed by atoms with Gasteiger partial charge in [-0.25, -0.2) is 0 Å². The minimum Gasteiger partial charge on any atom is -0.497 e. The third-order valence-electron chi connectivity index (χ3n) is 2.13. The molecule has 1 aliphatic heterocycles. The molecule has 74 valence electrons. The predicted octanol–water partition coefficient (Wildman–Crippen LogP) is 2.42. The standard InChI is InChI=1S/C10H9BrO3/c1-13-6-4-7(11)10-8(12)2-3-14-9(10)5-6/h4-5H,2-3H2,1H3. The molecule has 0 amide bonds. The first-order chi connectivity index (χ1) is 6.72. The maximum atomic E-state index is 11.6. The number of benzene rings is 1. The second-order valence-electron chi connectivity index (χ2n) is 3.00. The molecule has 0 fully saturated rings. The molecular formula is C10H9BrO3. The number of hydrogen-bond acceptors (Lipinski definition) is 3. The van der Waals surface area contributed by atoms with Crippen LogP contribution in [-0.4, -0.2) is 19.5 Å². The van der Waals surface area contributed by atoms with E-state index in [0.717, 1.165) is 4.47 Å². The molecule has 2 rings (SSSR count). The van der Waals surface area contributed by atoms with E-state index in [9.17, 15) is 4.79 Å². The van der Waals surface area contributed by atoms with Crippen molar-refractivity contribution in [2.45, 2.75) is 6.42 Å². The number of halogens is 1. The molecule has 14 heavy (non-hydrogen) atoms. The summed E-state index contributed by atoms with van der Waals surface area (Å²) in [5.74, 6) is 1.40. The maximum absolute atomic E-state index is 11.6. The number of carbonyl (C=O) groups excluding carboxylic acids is 1. The van der Waals surface area contributed by atoms with Gasteiger partial charge in [-0.1, -0.05) is 0 Å². The molecule has 3 nitrogen and oxygen atoms in total. The van der Waals surface area contributed by atoms with Crippen LogP contribution < -0.4 is 9.47 Å². The normalized spacial score (nSPS) is 14.6. The van der Waals surface area contributed by atoms with E-state index >= 15 is 0 Å². The topological polar surface area (TPSA) is 35.5 Å². The number of methoxy groups -OCH3 is 1. The molecule has 0 spiro atoms. The van der Waals surface area contributed by atoms with Crippen molar-refractivity contribution in [3.8, 4) is 11.5 Å². The van der Waals surface area contributed by atoms with Gasteiger partial charge in [0.05, 0.1) is 19.3 Å². The molecule has 0 aromatic heterocycles. The van der Waals surface area contributed by atoms with Gasteiger partial charge in [-0.15, -0.1) is 0 Å². The van der Waals surface area contributed by atoms with Gasteiger partial charge in [-0.2, -0.15) is 0 Å². The molecule has 1 heterocycles. The molecule has 4 heteroatoms. The second-order valence-corrected chi connectivity index (χ2v) is 3.86. The summed E-state index contributed by atoms with van der Waals surface area (Å²) in [7, 11) is 1.58. The minimum absolute atomic E-state index is 0.112. The summed E-state index contributed by atoms with van der Waals surface area (Å²) in [6.45, 7) is 0.450. The molecule has 1 aromatic carbocycles. The first kappa shape index (κ1) is 9.52. The first-order valence-electron chi connectivity index (χ1n) is 4.26. The van der Waals surface area contributed by atoms with Crippen molar-refractivity contribution in [3.63, 3.8) is 0 Å². The summed E-state index contributed by atoms with van der Waals surface area (Å²) in [4.78, 5) is 11.6. The molecule has 0 radical (unpaired) electrons. The van der Waals surface area contributed by atoms with Gasteiger partial charge in [-0.05, 0) is 22.0 Å². The Morgan fingerprint density at radius 1 is 1.50 bits per heavy atom. The highest BCUT2D eigenvalue weighted by atomic mass is 79.9. The third-order valence-corrected chi connectivity index (χ3v) is 2.75. The third kappa shape index (κ3) is 1.50. The number of hydrogen-bond donors (Lipinski definition) is 0. The lowest BCUT2D eigenvalue weighted by Crippen LogP contribution is -2.15. The number of fused-ring (bicyclic) bond motifs is 1. The fraction of sp³-hybridized carbons (Fsp3) is 0.300. The molecule has 1 aliphatic rings. The fourth-order valence-corrected chi connectivity index (χ4v) is 2.08. The Hall–Kier alpha value is -1.03. The highest BCUT2D eigenvalue weighted by Gasteiger charge is 2.22. The number of ketones is 1. The van der Waals surface area contributed by atoms with E-state index in [4.69, 9.17) is 9.47 Å². The molecule has 0 N–H and O–H groups in total. The minimum atomic E-state index is 0.112. The predicted molar refractivity (Wildman–Crippen MR) is 55.1 cm³/mol. The van der Waals surface area contributed by atoms with Crippen molar-refractivity contribution in [2.75, 3.05) is 13.7 Å². The summed E-state index contributed by atoms with van der Waals surface area (Å²) in [6.07, 6.45) is 0.442. The largest absolute Gasteiger partial charge is 0.497 e. The van der Waals surface area contributed by atoms with Crippen LogP contribution in [0.5, 0.6) is 11.5 Å². The van der Waals surface area contributed by atoms with E-state index in [2.05, 4.69) is 15.9 Å². The van der Waals surface area contributed by atoms with Gasteiger partial charge < -0.3 is 9.47 Å². The zero-order chi connectivity index (χ0) is 10.1. The summed E-state index contributed by atoms with van der Waals surface area (Å²) in [6, 6.07) is 3.50. The van der Waals surface area contributed by atoms with Crippen LogP contribution in [0.15, 0.2) is 16.6 Å². The van der Waals surface area contributed by atoms with Crippen LogP contribution in [0.2, 0.25) is 0 Å². The molecule has 0 unspecified atom stereocenters. The van der Waals surface area contributed by atoms with Crippen LogP contribution >= 0.6 is 15.9 Å². The van der Waals surface area contributed by atoms with E-state index in [0.29, 0.717) is 30.1 Å². The maximum Gasteiger partial charge on any atom is 0.171 e. The Balaban J connectivity index is 2.56. The lowest BCUT2D eigenvalue weighted by atomic mass is 10.1. The Bertz CT molecular complexity index is 387. The van der Waals surface area contributed by atoms with Gasteiger partial charge in [0, 0.05) is 17.0 Å². The molecule has 0 aliphatic carbocycles. The van der Waals surface area contributed by atoms with E-state index in [1.54, 1.807) is 19.2 Å². The quantitative estimate of drug-likeness (QED) is 0.775. The van der Waals surface area contributed by atoms with Crippen molar-refractivity contribution in [3.05, 3.63) is 22.2 Å². The van der Waals surface area contributed by atoms with Gasteiger partial charge in [0.15, 0.2) is 5.78 Å². The van der Waals surface area contributed by atoms with Crippen LogP contribution in [0.1, 0.15) is 16.8 Å². The molecular weight excluding hydrogens is 248 g/mol. The van der Waals surface area contributed by atoms with Crippen LogP contribution in [0.25, 0.3) is 0 Å². The number of ether oxygens (including phenoxy) is 2. The van der Waals surface area contributed by atoms with E-state index in [1.807, 2.05) is 0 Å². The first-order valence-corrected chi connectivity index (χ1v) is 5.05. The van der Waals surface area contributed by atoms with Crippen molar-refractivity contribution < 1.29 is 14.3 Å². The zero-order valence-corrected chi connectivity index (χ0v) is 9.26. The van der Waals surface area contributed by atoms with Gasteiger partial charge in [0.25, 0.3) is 0 Å². The highest BCUT2D eigenvalue weighted by molar-refractivity contribution is 9.10. The van der Waals surface area contributed by atoms with E-state index < -0.39 is 0 Å². The van der Waals surface area contributed by atoms with Crippen LogP contribution in [0, 0.1) is 0 Å². The average molecular weight is 257 g/mol. The lowest BCUT2D eigenvalue weighted by Gasteiger charge is -2.18. The van der Waals surface area contributed by atoms with Gasteiger partial charge in [-0.3, -0.25) is 4.79 Å². The Morgan fingerprint density at radius 2 is 2.29 bits per heavy atom. The van der Waals surface area contributed by atoms with E-state index in [-0.39, 0.29) is 5.78 Å². The van der Waals surface area contributed by atoms with Crippen molar-refractivity contribution in [1.82, 2.24) is 0 Å². The summed E-state index contributed by atoms with van der Waals surface area (Å²) < 4.78 is 11.2. The zero-order valence-electron chi connectivity index (χ0n) is 7.67. The number of Topliss-reactive ketones (excluding diaryl/α,β-unsaturated/α-hetero) is 1. The molecule has 0 saturated carbocycles. The van der Waals surface area contributed by atoms with Crippen molar-refractivity contribution >= 4 is 21.7 Å². The Labute approximate surface area is 90.1 Å². The SMILES string of the molecule is COc1cc(Br)c2c(c1)OCCC2=O. The van der Waals surface area contributed by atoms with E-state index in [1.165, 1.54) is 0 Å². The lowest BCUT2D eigenvalue weighted by molar-refractivity contribution is 0.0932. The van der Waals surface area contributed by atoms with Gasteiger partial charge in [0.1, 0.15) is 11.5 Å². The van der Waals surface area contributed by atoms with Crippen molar-refractivity contribution in [2.24, 2.45) is 0 Å². The summed E-state index contributed by atoms with van der Waals surface area (Å²) >= 11 is 3.33. The molecule has 0 bridgehead atoms. The number of rotatable bonds is 1. The highest BCUT2D eigenvalue weighted by Crippen LogP contribution is 2.35. The van der Waals surface area contributed by atoms with Gasteiger partial charge in [0.2, 0.25) is 0 Å². The Morgan fingerprint density at radius 3 is 3.00 bits per heavy atom. The average Bonchev–Trinajstić information content (AvgIpc) is 2.17. The van der Waals surface area contributed by atoms with Crippen LogP contribution in [0.3, 0.4) is 0 Å². The molecule has 1 aromatic rings. The number of carbonyl (C=O) groups is 1.